The second-order valence-corrected chi connectivity index (χ2v) is 11.3. The number of esters is 4. The smallest absolute Gasteiger partial charge is 0.343 e. The van der Waals surface area contributed by atoms with Crippen LogP contribution in [0.3, 0.4) is 0 Å². The number of fused-ring (bicyclic) bond motifs is 4. The number of phenolic OH excluding ortho intramolecular Hbond substituents is 3. The van der Waals surface area contributed by atoms with E-state index in [1.54, 1.807) is 13.8 Å². The van der Waals surface area contributed by atoms with Crippen molar-refractivity contribution >= 4 is 40.4 Å². The second kappa shape index (κ2) is 8.46. The maximum absolute atomic E-state index is 14.5. The van der Waals surface area contributed by atoms with E-state index in [-0.39, 0.29) is 44.3 Å². The van der Waals surface area contributed by atoms with E-state index in [1.807, 2.05) is 0 Å². The molecule has 0 unspecified atom stereocenters. The van der Waals surface area contributed by atoms with Crippen molar-refractivity contribution in [3.8, 4) is 17.2 Å². The number of hydrogen-bond acceptors (Lipinski definition) is 12. The average Bonchev–Trinajstić information content (AvgIpc) is 3.13. The molecule has 0 amide bonds. The molecule has 0 saturated heterocycles. The Morgan fingerprint density at radius 3 is 2.28 bits per heavy atom. The molecule has 0 aromatic heterocycles. The minimum absolute atomic E-state index is 0.0272. The number of carbonyl (C=O) groups excluding carboxylic acids is 5. The quantitative estimate of drug-likeness (QED) is 0.301. The summed E-state index contributed by atoms with van der Waals surface area (Å²) in [6, 6.07) is 2.60. The zero-order valence-electron chi connectivity index (χ0n) is 23.3. The summed E-state index contributed by atoms with van der Waals surface area (Å²) >= 11 is 0. The van der Waals surface area contributed by atoms with Gasteiger partial charge in [-0.05, 0) is 53.6 Å². The molecule has 3 aromatic rings. The van der Waals surface area contributed by atoms with E-state index in [1.165, 1.54) is 12.1 Å². The van der Waals surface area contributed by atoms with Gasteiger partial charge in [0.15, 0.2) is 5.78 Å². The Balaban J connectivity index is 1.72. The molecule has 3 aromatic carbocycles. The molecule has 2 aliphatic carbocycles. The minimum Gasteiger partial charge on any atom is -0.507 e. The highest BCUT2D eigenvalue weighted by molar-refractivity contribution is 6.18. The fraction of sp³-hybridized carbons (Fsp3) is 0.323. The lowest BCUT2D eigenvalue weighted by Crippen LogP contribution is -2.54. The van der Waals surface area contributed by atoms with Crippen LogP contribution in [0.4, 0.5) is 0 Å². The third-order valence-corrected chi connectivity index (χ3v) is 9.11. The molecule has 2 bridgehead atoms. The number of phenols is 3. The highest BCUT2D eigenvalue weighted by atomic mass is 16.6. The zero-order chi connectivity index (χ0) is 30.9. The Kier molecular flexibility index (Phi) is 5.26. The van der Waals surface area contributed by atoms with Gasteiger partial charge in [-0.1, -0.05) is 0 Å². The number of benzene rings is 3. The van der Waals surface area contributed by atoms with Crippen molar-refractivity contribution in [2.24, 2.45) is 0 Å². The Bertz CT molecular complexity index is 1920. The van der Waals surface area contributed by atoms with Crippen molar-refractivity contribution in [2.75, 3.05) is 13.7 Å². The van der Waals surface area contributed by atoms with Crippen molar-refractivity contribution in [1.82, 2.24) is 0 Å². The van der Waals surface area contributed by atoms with Gasteiger partial charge in [-0.15, -0.1) is 0 Å². The maximum Gasteiger partial charge on any atom is 0.343 e. The van der Waals surface area contributed by atoms with Crippen molar-refractivity contribution in [3.05, 3.63) is 62.2 Å². The largest absolute Gasteiger partial charge is 0.507 e. The van der Waals surface area contributed by atoms with E-state index in [2.05, 4.69) is 0 Å². The number of cyclic esters (lactones) is 2. The van der Waals surface area contributed by atoms with Gasteiger partial charge in [0.25, 0.3) is 0 Å². The van der Waals surface area contributed by atoms with Gasteiger partial charge in [-0.3, -0.25) is 14.4 Å². The van der Waals surface area contributed by atoms with Crippen LogP contribution in [0.5, 0.6) is 17.2 Å². The molecule has 12 nitrogen and oxygen atoms in total. The summed E-state index contributed by atoms with van der Waals surface area (Å²) in [6.45, 7) is 3.92. The van der Waals surface area contributed by atoms with Gasteiger partial charge in [0.2, 0.25) is 0 Å². The first-order chi connectivity index (χ1) is 20.3. The summed E-state index contributed by atoms with van der Waals surface area (Å²) < 4.78 is 21.8. The van der Waals surface area contributed by atoms with Crippen molar-refractivity contribution in [1.29, 1.82) is 0 Å². The molecular weight excluding hydrogens is 564 g/mol. The lowest BCUT2D eigenvalue weighted by molar-refractivity contribution is -0.150. The number of Topliss-reactive ketones (excluding diaryl/α,β-unsaturated/α-hetero) is 1. The van der Waals surface area contributed by atoms with Crippen LogP contribution in [0.1, 0.15) is 89.8 Å². The molecule has 2 aliphatic heterocycles. The van der Waals surface area contributed by atoms with E-state index in [0.29, 0.717) is 16.5 Å². The van der Waals surface area contributed by atoms with Gasteiger partial charge in [-0.2, -0.15) is 0 Å². The van der Waals surface area contributed by atoms with E-state index < -0.39 is 83.5 Å². The summed E-state index contributed by atoms with van der Waals surface area (Å²) in [5, 5.41) is 34.4. The normalized spacial score (nSPS) is 24.2. The number of aromatic hydroxyl groups is 3. The van der Waals surface area contributed by atoms with E-state index in [9.17, 15) is 39.3 Å². The summed E-state index contributed by atoms with van der Waals surface area (Å²) in [4.78, 5) is 65.8. The van der Waals surface area contributed by atoms with Crippen LogP contribution in [-0.2, 0) is 34.0 Å². The van der Waals surface area contributed by atoms with Crippen LogP contribution in [-0.4, -0.2) is 64.8 Å². The van der Waals surface area contributed by atoms with Gasteiger partial charge in [0.1, 0.15) is 47.2 Å². The first kappa shape index (κ1) is 26.7. The van der Waals surface area contributed by atoms with Gasteiger partial charge in [-0.25, -0.2) is 9.59 Å². The first-order valence-corrected chi connectivity index (χ1v) is 13.4. The molecule has 0 radical (unpaired) electrons. The number of ether oxygens (including phenoxy) is 4. The first-order valence-electron chi connectivity index (χ1n) is 13.4. The third-order valence-electron chi connectivity index (χ3n) is 9.11. The molecular formula is C31H24O12. The lowest BCUT2D eigenvalue weighted by Gasteiger charge is -2.45. The standard InChI is InChI=1S/C31H24O12/c1-9-5-12(33)18-21-16(9)22-23-26(36)17-10(2)6-13(34)19-24(17)31(8-41-29(19)38,28(23)42-11(3)32)25(22)27(37)20(21)14(43-30(18)39)7-15(35)40-4/h5-6,14,23,28,33-34,37H,7-8H2,1-4H3/t14-,23-,28-,31-/m0/s1. The number of rotatable bonds is 3. The predicted molar refractivity (Wildman–Crippen MR) is 143 cm³/mol. The highest BCUT2D eigenvalue weighted by Gasteiger charge is 2.68. The summed E-state index contributed by atoms with van der Waals surface area (Å²) in [7, 11) is 1.15. The molecule has 3 N–H and O–H groups in total. The fourth-order valence-electron chi connectivity index (χ4n) is 7.69. The minimum atomic E-state index is -1.67. The van der Waals surface area contributed by atoms with E-state index in [0.717, 1.165) is 14.0 Å². The zero-order valence-corrected chi connectivity index (χ0v) is 23.3. The van der Waals surface area contributed by atoms with Crippen LogP contribution in [0, 0.1) is 13.8 Å². The molecule has 4 aliphatic rings. The van der Waals surface area contributed by atoms with Crippen LogP contribution in [0.25, 0.3) is 10.8 Å². The second-order valence-electron chi connectivity index (χ2n) is 11.3. The van der Waals surface area contributed by atoms with Crippen LogP contribution < -0.4 is 0 Å². The number of ketones is 1. The van der Waals surface area contributed by atoms with Crippen molar-refractivity contribution in [2.45, 2.75) is 50.7 Å². The Morgan fingerprint density at radius 1 is 0.930 bits per heavy atom. The Labute approximate surface area is 242 Å². The number of hydrogen-bond donors (Lipinski definition) is 3. The van der Waals surface area contributed by atoms with Gasteiger partial charge < -0.3 is 34.3 Å². The molecule has 4 atom stereocenters. The van der Waals surface area contributed by atoms with Crippen LogP contribution in [0.15, 0.2) is 12.1 Å². The number of carbonyl (C=O) groups is 5. The monoisotopic (exact) mass is 588 g/mol. The maximum atomic E-state index is 14.5. The number of aryl methyl sites for hydroxylation is 2. The molecule has 1 spiro atoms. The molecule has 0 saturated carbocycles. The summed E-state index contributed by atoms with van der Waals surface area (Å²) in [5.74, 6) is -6.51. The third kappa shape index (κ3) is 3.07. The molecule has 2 heterocycles. The average molecular weight is 589 g/mol. The van der Waals surface area contributed by atoms with Crippen molar-refractivity contribution in [3.63, 3.8) is 0 Å². The predicted octanol–water partition coefficient (Wildman–Crippen LogP) is 3.03. The van der Waals surface area contributed by atoms with E-state index >= 15 is 0 Å². The fourth-order valence-corrected chi connectivity index (χ4v) is 7.69. The van der Waals surface area contributed by atoms with Gasteiger partial charge >= 0.3 is 23.9 Å². The molecule has 43 heavy (non-hydrogen) atoms. The van der Waals surface area contributed by atoms with Gasteiger partial charge in [0.05, 0.1) is 24.9 Å². The lowest BCUT2D eigenvalue weighted by atomic mass is 9.63. The topological polar surface area (TPSA) is 183 Å². The summed E-state index contributed by atoms with van der Waals surface area (Å²) in [6.07, 6.45) is -3.18. The Morgan fingerprint density at radius 2 is 1.60 bits per heavy atom. The van der Waals surface area contributed by atoms with Crippen LogP contribution >= 0.6 is 0 Å². The Hall–Kier alpha value is -5.13. The van der Waals surface area contributed by atoms with Crippen molar-refractivity contribution < 1.29 is 58.2 Å². The van der Waals surface area contributed by atoms with Crippen LogP contribution in [0.2, 0.25) is 0 Å². The SMILES string of the molecule is COC(=O)C[C@@H]1OC(=O)c2c(O)cc(C)c3c4c(c(O)c1c23)[C@]12COC(=O)c3c(O)cc(C)c(c31)C(=O)[C@H]4[C@@H]2OC(C)=O. The molecule has 7 rings (SSSR count). The highest BCUT2D eigenvalue weighted by Crippen LogP contribution is 2.66. The molecule has 0 fully saturated rings. The number of methoxy groups -OCH3 is 1. The molecule has 12 heteroatoms. The molecule has 220 valence electrons. The van der Waals surface area contributed by atoms with Gasteiger partial charge in [0, 0.05) is 29.0 Å². The summed E-state index contributed by atoms with van der Waals surface area (Å²) in [5.41, 5.74) is -1.03. The van der Waals surface area contributed by atoms with E-state index in [4.69, 9.17) is 18.9 Å².